The molecule has 0 aliphatic carbocycles. The summed E-state index contributed by atoms with van der Waals surface area (Å²) < 4.78 is 27.9. The van der Waals surface area contributed by atoms with Crippen LogP contribution in [0.4, 0.5) is 0 Å². The second-order valence-corrected chi connectivity index (χ2v) is 9.37. The number of fused-ring (bicyclic) bond motifs is 1. The number of carbonyl (C=O) groups excluding carboxylic acids is 1. The SMILES string of the molecule is C[C@H]1CNCCN1C(=O)c1cccc(S(=O)(=O)N2CCc3ccccc3C2)c1. The maximum absolute atomic E-state index is 13.2. The lowest BCUT2D eigenvalue weighted by Crippen LogP contribution is -2.52. The monoisotopic (exact) mass is 399 g/mol. The molecule has 6 nitrogen and oxygen atoms in total. The highest BCUT2D eigenvalue weighted by molar-refractivity contribution is 7.89. The first-order chi connectivity index (χ1) is 13.5. The van der Waals surface area contributed by atoms with Gasteiger partial charge in [-0.2, -0.15) is 4.31 Å². The quantitative estimate of drug-likeness (QED) is 0.856. The summed E-state index contributed by atoms with van der Waals surface area (Å²) in [4.78, 5) is 14.9. The molecule has 2 aromatic carbocycles. The Morgan fingerprint density at radius 3 is 2.64 bits per heavy atom. The smallest absolute Gasteiger partial charge is 0.254 e. The Balaban J connectivity index is 1.59. The molecule has 7 heteroatoms. The number of piperazine rings is 1. The fourth-order valence-corrected chi connectivity index (χ4v) is 5.39. The van der Waals surface area contributed by atoms with Crippen LogP contribution in [0, 0.1) is 0 Å². The van der Waals surface area contributed by atoms with Crippen LogP contribution in [0.15, 0.2) is 53.4 Å². The second-order valence-electron chi connectivity index (χ2n) is 7.44. The molecule has 148 valence electrons. The van der Waals surface area contributed by atoms with Gasteiger partial charge in [-0.3, -0.25) is 4.79 Å². The van der Waals surface area contributed by atoms with E-state index < -0.39 is 10.0 Å². The molecule has 0 unspecified atom stereocenters. The zero-order valence-corrected chi connectivity index (χ0v) is 16.8. The van der Waals surface area contributed by atoms with E-state index in [9.17, 15) is 13.2 Å². The van der Waals surface area contributed by atoms with E-state index in [0.29, 0.717) is 31.6 Å². The Morgan fingerprint density at radius 1 is 1.07 bits per heavy atom. The molecule has 1 N–H and O–H groups in total. The second kappa shape index (κ2) is 7.66. The molecule has 1 amide bonds. The zero-order valence-electron chi connectivity index (χ0n) is 16.0. The number of amides is 1. The first-order valence-corrected chi connectivity index (χ1v) is 11.1. The van der Waals surface area contributed by atoms with Gasteiger partial charge in [0.2, 0.25) is 10.0 Å². The first kappa shape index (κ1) is 19.1. The van der Waals surface area contributed by atoms with Crippen LogP contribution in [0.25, 0.3) is 0 Å². The van der Waals surface area contributed by atoms with Crippen molar-refractivity contribution < 1.29 is 13.2 Å². The summed E-state index contributed by atoms with van der Waals surface area (Å²) in [5, 5.41) is 3.26. The number of carbonyl (C=O) groups is 1. The first-order valence-electron chi connectivity index (χ1n) is 9.65. The molecule has 1 fully saturated rings. The predicted octanol–water partition coefficient (Wildman–Crippen LogP) is 1.87. The molecule has 2 aliphatic heterocycles. The lowest BCUT2D eigenvalue weighted by Gasteiger charge is -2.34. The number of nitrogens with zero attached hydrogens (tertiary/aromatic N) is 2. The topological polar surface area (TPSA) is 69.7 Å². The van der Waals surface area contributed by atoms with Crippen LogP contribution >= 0.6 is 0 Å². The van der Waals surface area contributed by atoms with E-state index in [1.54, 1.807) is 23.1 Å². The average molecular weight is 400 g/mol. The number of sulfonamides is 1. The van der Waals surface area contributed by atoms with Gasteiger partial charge in [0.05, 0.1) is 4.90 Å². The maximum atomic E-state index is 13.2. The third-order valence-electron chi connectivity index (χ3n) is 5.58. The largest absolute Gasteiger partial charge is 0.333 e. The molecule has 2 aliphatic rings. The molecule has 1 atom stereocenters. The highest BCUT2D eigenvalue weighted by atomic mass is 32.2. The van der Waals surface area contributed by atoms with Crippen molar-refractivity contribution in [3.05, 3.63) is 65.2 Å². The van der Waals surface area contributed by atoms with Gasteiger partial charge in [-0.1, -0.05) is 30.3 Å². The number of benzene rings is 2. The zero-order chi connectivity index (χ0) is 19.7. The molecule has 4 rings (SSSR count). The standard InChI is InChI=1S/C21H25N3O3S/c1-16-14-22-10-12-24(16)21(25)18-7-4-8-20(13-18)28(26,27)23-11-9-17-5-2-3-6-19(17)15-23/h2-8,13,16,22H,9-12,14-15H2,1H3/t16-/m0/s1. The Hall–Kier alpha value is -2.22. The van der Waals surface area contributed by atoms with Gasteiger partial charge in [-0.15, -0.1) is 0 Å². The van der Waals surface area contributed by atoms with Gasteiger partial charge < -0.3 is 10.2 Å². The summed E-state index contributed by atoms with van der Waals surface area (Å²) in [5.74, 6) is -0.116. The van der Waals surface area contributed by atoms with Crippen molar-refractivity contribution in [2.24, 2.45) is 0 Å². The van der Waals surface area contributed by atoms with E-state index in [2.05, 4.69) is 5.32 Å². The van der Waals surface area contributed by atoms with Crippen molar-refractivity contribution in [1.82, 2.24) is 14.5 Å². The highest BCUT2D eigenvalue weighted by Gasteiger charge is 2.30. The fourth-order valence-electron chi connectivity index (χ4n) is 3.92. The number of hydrogen-bond acceptors (Lipinski definition) is 4. The summed E-state index contributed by atoms with van der Waals surface area (Å²) in [7, 11) is -3.65. The Kier molecular flexibility index (Phi) is 5.23. The average Bonchev–Trinajstić information content (AvgIpc) is 2.73. The van der Waals surface area contributed by atoms with Crippen LogP contribution in [0.1, 0.15) is 28.4 Å². The van der Waals surface area contributed by atoms with Gasteiger partial charge in [0.25, 0.3) is 5.91 Å². The Labute approximate surface area is 166 Å². The minimum absolute atomic E-state index is 0.0834. The lowest BCUT2D eigenvalue weighted by molar-refractivity contribution is 0.0655. The van der Waals surface area contributed by atoms with E-state index in [0.717, 1.165) is 18.7 Å². The van der Waals surface area contributed by atoms with Gasteiger partial charge in [-0.05, 0) is 42.7 Å². The molecular weight excluding hydrogens is 374 g/mol. The molecular formula is C21H25N3O3S. The van der Waals surface area contributed by atoms with E-state index >= 15 is 0 Å². The van der Waals surface area contributed by atoms with Crippen molar-refractivity contribution in [2.45, 2.75) is 30.8 Å². The van der Waals surface area contributed by atoms with Crippen LogP contribution in [-0.4, -0.2) is 55.8 Å². The summed E-state index contributed by atoms with van der Waals surface area (Å²) in [6.07, 6.45) is 0.701. The molecule has 28 heavy (non-hydrogen) atoms. The third-order valence-corrected chi connectivity index (χ3v) is 7.42. The summed E-state index contributed by atoms with van der Waals surface area (Å²) in [6.45, 7) is 4.94. The van der Waals surface area contributed by atoms with E-state index in [-0.39, 0.29) is 16.8 Å². The molecule has 1 saturated heterocycles. The molecule has 0 bridgehead atoms. The minimum atomic E-state index is -3.65. The van der Waals surface area contributed by atoms with E-state index in [4.69, 9.17) is 0 Å². The molecule has 0 spiro atoms. The van der Waals surface area contributed by atoms with Crippen LogP contribution in [0.2, 0.25) is 0 Å². The fraction of sp³-hybridized carbons (Fsp3) is 0.381. The van der Waals surface area contributed by atoms with Gasteiger partial charge in [-0.25, -0.2) is 8.42 Å². The number of rotatable bonds is 3. The summed E-state index contributed by atoms with van der Waals surface area (Å²) >= 11 is 0. The molecule has 2 heterocycles. The van der Waals surface area contributed by atoms with Gasteiger partial charge in [0, 0.05) is 44.3 Å². The third kappa shape index (κ3) is 3.57. The van der Waals surface area contributed by atoms with Crippen molar-refractivity contribution in [1.29, 1.82) is 0 Å². The van der Waals surface area contributed by atoms with Crippen LogP contribution in [0.3, 0.4) is 0 Å². The summed E-state index contributed by atoms with van der Waals surface area (Å²) in [5.41, 5.74) is 2.66. The van der Waals surface area contributed by atoms with E-state index in [1.165, 1.54) is 15.9 Å². The van der Waals surface area contributed by atoms with E-state index in [1.807, 2.05) is 31.2 Å². The molecule has 0 radical (unpaired) electrons. The summed E-state index contributed by atoms with van der Waals surface area (Å²) in [6, 6.07) is 14.5. The predicted molar refractivity (Wildman–Crippen MR) is 108 cm³/mol. The van der Waals surface area contributed by atoms with Gasteiger partial charge in [0.15, 0.2) is 0 Å². The van der Waals surface area contributed by atoms with Gasteiger partial charge in [0.1, 0.15) is 0 Å². The Morgan fingerprint density at radius 2 is 1.86 bits per heavy atom. The van der Waals surface area contributed by atoms with Crippen LogP contribution < -0.4 is 5.32 Å². The lowest BCUT2D eigenvalue weighted by atomic mass is 10.0. The van der Waals surface area contributed by atoms with Crippen molar-refractivity contribution in [3.63, 3.8) is 0 Å². The van der Waals surface area contributed by atoms with Crippen molar-refractivity contribution in [2.75, 3.05) is 26.2 Å². The maximum Gasteiger partial charge on any atom is 0.254 e. The highest BCUT2D eigenvalue weighted by Crippen LogP contribution is 2.25. The molecule has 0 saturated carbocycles. The van der Waals surface area contributed by atoms with Crippen molar-refractivity contribution in [3.8, 4) is 0 Å². The number of nitrogens with one attached hydrogen (secondary N) is 1. The van der Waals surface area contributed by atoms with Gasteiger partial charge >= 0.3 is 0 Å². The van der Waals surface area contributed by atoms with Crippen LogP contribution in [0.5, 0.6) is 0 Å². The molecule has 0 aromatic heterocycles. The Bertz CT molecular complexity index is 990. The normalized spacial score (nSPS) is 20.6. The van der Waals surface area contributed by atoms with Crippen molar-refractivity contribution >= 4 is 15.9 Å². The number of hydrogen-bond donors (Lipinski definition) is 1. The molecule has 2 aromatic rings. The minimum Gasteiger partial charge on any atom is -0.333 e. The van der Waals surface area contributed by atoms with Crippen LogP contribution in [-0.2, 0) is 23.0 Å².